The molecular weight excluding hydrogens is 236 g/mol. The average molecular weight is 248 g/mol. The van der Waals surface area contributed by atoms with Crippen molar-refractivity contribution < 1.29 is 39.2 Å². The van der Waals surface area contributed by atoms with Gasteiger partial charge in [-0.05, 0) is 0 Å². The normalized spacial score (nSPS) is 9.00. The minimum Gasteiger partial charge on any atom is -0.481 e. The Morgan fingerprint density at radius 2 is 1.35 bits per heavy atom. The highest BCUT2D eigenvalue weighted by atomic mass is 16.5. The van der Waals surface area contributed by atoms with Crippen LogP contribution in [-0.2, 0) is 23.9 Å². The van der Waals surface area contributed by atoms with Crippen molar-refractivity contribution in [1.29, 1.82) is 0 Å². The zero-order valence-corrected chi connectivity index (χ0v) is 8.95. The van der Waals surface area contributed by atoms with Crippen LogP contribution >= 0.6 is 0 Å². The zero-order chi connectivity index (χ0) is 13.8. The van der Waals surface area contributed by atoms with Crippen LogP contribution in [0.25, 0.3) is 0 Å². The van der Waals surface area contributed by atoms with Gasteiger partial charge in [0.15, 0.2) is 0 Å². The molecule has 0 amide bonds. The molecule has 0 aromatic carbocycles. The smallest absolute Gasteiger partial charge is 0.330 e. The van der Waals surface area contributed by atoms with Crippen molar-refractivity contribution in [3.05, 3.63) is 12.2 Å². The first-order valence-corrected chi connectivity index (χ1v) is 4.22. The predicted octanol–water partition coefficient (Wildman–Crippen LogP) is -0.264. The molecule has 0 unspecified atom stereocenters. The Morgan fingerprint density at radius 1 is 0.941 bits per heavy atom. The Morgan fingerprint density at radius 3 is 1.59 bits per heavy atom. The maximum Gasteiger partial charge on any atom is 0.330 e. The second-order valence-electron chi connectivity index (χ2n) is 2.48. The molecule has 0 saturated carbocycles. The fourth-order valence-electron chi connectivity index (χ4n) is 0.421. The van der Waals surface area contributed by atoms with E-state index in [-0.39, 0.29) is 12.8 Å². The summed E-state index contributed by atoms with van der Waals surface area (Å²) in [6, 6.07) is 0. The van der Waals surface area contributed by atoms with Gasteiger partial charge in [-0.25, -0.2) is 9.59 Å². The van der Waals surface area contributed by atoms with E-state index in [1.54, 1.807) is 0 Å². The van der Waals surface area contributed by atoms with Crippen molar-refractivity contribution in [1.82, 2.24) is 0 Å². The summed E-state index contributed by atoms with van der Waals surface area (Å²) in [4.78, 5) is 39.1. The third-order valence-corrected chi connectivity index (χ3v) is 1.12. The summed E-state index contributed by atoms with van der Waals surface area (Å²) in [5, 5.41) is 23.8. The third-order valence-electron chi connectivity index (χ3n) is 1.12. The first kappa shape index (κ1) is 17.0. The molecule has 0 saturated heterocycles. The monoisotopic (exact) mass is 248 g/mol. The minimum absolute atomic E-state index is 0.296. The summed E-state index contributed by atoms with van der Waals surface area (Å²) in [6.45, 7) is 0. The van der Waals surface area contributed by atoms with Crippen molar-refractivity contribution >= 4 is 23.9 Å². The molecule has 8 nitrogen and oxygen atoms in total. The molecule has 0 bridgehead atoms. The number of carbonyl (C=O) groups excluding carboxylic acids is 1. The number of rotatable bonds is 5. The first-order chi connectivity index (χ1) is 7.79. The number of carboxylic acid groups (broad SMARTS) is 3. The van der Waals surface area contributed by atoms with E-state index in [1.165, 1.54) is 7.11 Å². The van der Waals surface area contributed by atoms with Gasteiger partial charge in [-0.1, -0.05) is 0 Å². The van der Waals surface area contributed by atoms with Gasteiger partial charge in [-0.15, -0.1) is 0 Å². The van der Waals surface area contributed by atoms with Gasteiger partial charge in [0.1, 0.15) is 0 Å². The molecule has 0 radical (unpaired) electrons. The van der Waals surface area contributed by atoms with E-state index in [4.69, 9.17) is 15.3 Å². The van der Waals surface area contributed by atoms with Crippen molar-refractivity contribution in [2.24, 2.45) is 0 Å². The number of aliphatic carboxylic acids is 3. The van der Waals surface area contributed by atoms with E-state index in [9.17, 15) is 19.2 Å². The molecule has 17 heavy (non-hydrogen) atoms. The standard InChI is InChI=1S/C5H6O4.C4H6O4/c1-9-5(8)3-2-4(6)7;5-3(6)1-2-4(7)8/h2-3H,1H3,(H,6,7);1-2H2,(H,5,6)(H,7,8)/b3-2-;. The van der Waals surface area contributed by atoms with E-state index in [0.29, 0.717) is 6.08 Å². The maximum absolute atomic E-state index is 10.1. The highest BCUT2D eigenvalue weighted by Crippen LogP contribution is 1.86. The number of carbonyl (C=O) groups is 4. The highest BCUT2D eigenvalue weighted by molar-refractivity contribution is 5.90. The van der Waals surface area contributed by atoms with E-state index in [1.807, 2.05) is 0 Å². The molecule has 0 aliphatic rings. The van der Waals surface area contributed by atoms with E-state index in [2.05, 4.69) is 4.74 Å². The number of methoxy groups -OCH3 is 1. The molecule has 0 rings (SSSR count). The van der Waals surface area contributed by atoms with Crippen molar-refractivity contribution in [2.45, 2.75) is 12.8 Å². The Labute approximate surface area is 96.1 Å². The van der Waals surface area contributed by atoms with Gasteiger partial charge in [-0.2, -0.15) is 0 Å². The molecule has 3 N–H and O–H groups in total. The van der Waals surface area contributed by atoms with Gasteiger partial charge >= 0.3 is 23.9 Å². The summed E-state index contributed by atoms with van der Waals surface area (Å²) >= 11 is 0. The summed E-state index contributed by atoms with van der Waals surface area (Å²) < 4.78 is 4.11. The van der Waals surface area contributed by atoms with Gasteiger partial charge < -0.3 is 20.1 Å². The van der Waals surface area contributed by atoms with Crippen LogP contribution < -0.4 is 0 Å². The quantitative estimate of drug-likeness (QED) is 0.446. The molecule has 0 aromatic rings. The Kier molecular flexibility index (Phi) is 10.2. The molecular formula is C9H12O8. The maximum atomic E-state index is 10.1. The predicted molar refractivity (Wildman–Crippen MR) is 53.3 cm³/mol. The second kappa shape index (κ2) is 10.1. The van der Waals surface area contributed by atoms with Gasteiger partial charge in [0, 0.05) is 12.2 Å². The van der Waals surface area contributed by atoms with Crippen molar-refractivity contribution in [2.75, 3.05) is 7.11 Å². The van der Waals surface area contributed by atoms with Crippen LogP contribution in [0.1, 0.15) is 12.8 Å². The number of carboxylic acids is 3. The molecule has 0 spiro atoms. The number of ether oxygens (including phenoxy) is 1. The molecule has 0 aromatic heterocycles. The van der Waals surface area contributed by atoms with Crippen LogP contribution in [0.4, 0.5) is 0 Å². The van der Waals surface area contributed by atoms with Gasteiger partial charge in [0.25, 0.3) is 0 Å². The van der Waals surface area contributed by atoms with Crippen LogP contribution in [-0.4, -0.2) is 46.3 Å². The zero-order valence-electron chi connectivity index (χ0n) is 8.95. The molecule has 0 aliphatic heterocycles. The third kappa shape index (κ3) is 19.9. The molecule has 0 atom stereocenters. The lowest BCUT2D eigenvalue weighted by atomic mass is 10.3. The van der Waals surface area contributed by atoms with Crippen molar-refractivity contribution in [3.63, 3.8) is 0 Å². The lowest BCUT2D eigenvalue weighted by Gasteiger charge is -1.85. The van der Waals surface area contributed by atoms with Crippen LogP contribution in [0.15, 0.2) is 12.2 Å². The van der Waals surface area contributed by atoms with Gasteiger partial charge in [-0.3, -0.25) is 9.59 Å². The number of hydrogen-bond acceptors (Lipinski definition) is 5. The van der Waals surface area contributed by atoms with E-state index < -0.39 is 23.9 Å². The fraction of sp³-hybridized carbons (Fsp3) is 0.333. The lowest BCUT2D eigenvalue weighted by molar-refractivity contribution is -0.143. The summed E-state index contributed by atoms with van der Waals surface area (Å²) in [7, 11) is 1.18. The van der Waals surface area contributed by atoms with Crippen LogP contribution in [0.3, 0.4) is 0 Å². The van der Waals surface area contributed by atoms with Crippen LogP contribution in [0, 0.1) is 0 Å². The van der Waals surface area contributed by atoms with Gasteiger partial charge in [0.2, 0.25) is 0 Å². The second-order valence-corrected chi connectivity index (χ2v) is 2.48. The SMILES string of the molecule is COC(=O)/C=C\C(=O)O.O=C(O)CCC(=O)O. The van der Waals surface area contributed by atoms with E-state index in [0.717, 1.165) is 6.08 Å². The topological polar surface area (TPSA) is 138 Å². The highest BCUT2D eigenvalue weighted by Gasteiger charge is 2.00. The molecule has 0 fully saturated rings. The lowest BCUT2D eigenvalue weighted by Crippen LogP contribution is -2.00. The van der Waals surface area contributed by atoms with Crippen molar-refractivity contribution in [3.8, 4) is 0 Å². The fourth-order valence-corrected chi connectivity index (χ4v) is 0.421. The summed E-state index contributed by atoms with van der Waals surface area (Å²) in [5.74, 6) is -3.99. The summed E-state index contributed by atoms with van der Waals surface area (Å²) in [6.07, 6.45) is 0.957. The Hall–Kier alpha value is -2.38. The Balaban J connectivity index is 0. The number of esters is 1. The largest absolute Gasteiger partial charge is 0.481 e. The minimum atomic E-state index is -1.17. The first-order valence-electron chi connectivity index (χ1n) is 4.22. The molecule has 0 heterocycles. The summed E-state index contributed by atoms with van der Waals surface area (Å²) in [5.41, 5.74) is 0. The Bertz CT molecular complexity index is 303. The van der Waals surface area contributed by atoms with Gasteiger partial charge in [0.05, 0.1) is 20.0 Å². The average Bonchev–Trinajstić information content (AvgIpc) is 2.23. The molecule has 0 aliphatic carbocycles. The number of hydrogen-bond donors (Lipinski definition) is 3. The molecule has 8 heteroatoms. The van der Waals surface area contributed by atoms with E-state index >= 15 is 0 Å². The van der Waals surface area contributed by atoms with Crippen LogP contribution in [0.2, 0.25) is 0 Å². The molecule has 96 valence electrons. The van der Waals surface area contributed by atoms with Crippen LogP contribution in [0.5, 0.6) is 0 Å².